The van der Waals surface area contributed by atoms with Gasteiger partial charge in [-0.3, -0.25) is 10.1 Å². The number of rotatable bonds is 6. The molecular weight excluding hydrogens is 314 g/mol. The number of hydrogen-bond donors (Lipinski definition) is 0. The molecule has 0 N–H and O–H groups in total. The number of benzene rings is 2. The van der Waals surface area contributed by atoms with Crippen molar-refractivity contribution in [3.63, 3.8) is 0 Å². The van der Waals surface area contributed by atoms with Crippen LogP contribution in [0.4, 0.5) is 5.69 Å². The van der Waals surface area contributed by atoms with Crippen LogP contribution in [-0.4, -0.2) is 25.1 Å². The average Bonchev–Trinajstić information content (AvgIpc) is 2.60. The maximum absolute atomic E-state index is 12.4. The number of hydrogen-bond acceptors (Lipinski definition) is 6. The summed E-state index contributed by atoms with van der Waals surface area (Å²) in [4.78, 5) is 23.0. The maximum Gasteiger partial charge on any atom is 0.345 e. The molecule has 7 nitrogen and oxygen atoms in total. The van der Waals surface area contributed by atoms with E-state index in [-0.39, 0.29) is 17.1 Å². The molecule has 0 aliphatic carbocycles. The maximum atomic E-state index is 12.4. The van der Waals surface area contributed by atoms with Crippen LogP contribution in [0, 0.1) is 10.1 Å². The Morgan fingerprint density at radius 3 is 2.21 bits per heavy atom. The third-order valence-corrected chi connectivity index (χ3v) is 3.47. The Kier molecular flexibility index (Phi) is 5.36. The molecule has 0 aliphatic rings. The molecule has 0 heterocycles. The zero-order valence-corrected chi connectivity index (χ0v) is 13.5. The van der Waals surface area contributed by atoms with Crippen LogP contribution in [0.25, 0.3) is 0 Å². The highest BCUT2D eigenvalue weighted by Gasteiger charge is 2.27. The summed E-state index contributed by atoms with van der Waals surface area (Å²) < 4.78 is 15.5. The number of ether oxygens (including phenoxy) is 3. The molecule has 0 aromatic heterocycles. The zero-order chi connectivity index (χ0) is 17.7. The summed E-state index contributed by atoms with van der Waals surface area (Å²) in [5.41, 5.74) is 0.187. The number of carbonyl (C=O) groups is 1. The van der Waals surface area contributed by atoms with Gasteiger partial charge in [-0.15, -0.1) is 0 Å². The lowest BCUT2D eigenvalue weighted by Crippen LogP contribution is -2.12. The van der Waals surface area contributed by atoms with E-state index in [1.807, 2.05) is 18.2 Å². The molecule has 0 saturated heterocycles. The molecule has 0 radical (unpaired) electrons. The van der Waals surface area contributed by atoms with Crippen molar-refractivity contribution < 1.29 is 23.9 Å². The van der Waals surface area contributed by atoms with Gasteiger partial charge in [0.25, 0.3) is 5.69 Å². The number of nitro groups is 1. The van der Waals surface area contributed by atoms with Crippen molar-refractivity contribution in [1.29, 1.82) is 0 Å². The van der Waals surface area contributed by atoms with Crippen LogP contribution in [0.3, 0.4) is 0 Å². The number of carbonyl (C=O) groups excluding carboxylic acids is 1. The lowest BCUT2D eigenvalue weighted by molar-refractivity contribution is -0.385. The molecule has 126 valence electrons. The first-order valence-corrected chi connectivity index (χ1v) is 7.14. The summed E-state index contributed by atoms with van der Waals surface area (Å²) in [6, 6.07) is 11.5. The monoisotopic (exact) mass is 331 g/mol. The Morgan fingerprint density at radius 2 is 1.67 bits per heavy atom. The summed E-state index contributed by atoms with van der Waals surface area (Å²) in [7, 11) is 2.74. The summed E-state index contributed by atoms with van der Waals surface area (Å²) in [6.07, 6.45) is -0.550. The van der Waals surface area contributed by atoms with E-state index in [1.165, 1.54) is 20.3 Å². The van der Waals surface area contributed by atoms with Gasteiger partial charge in [-0.1, -0.05) is 30.3 Å². The van der Waals surface area contributed by atoms with Gasteiger partial charge in [0.2, 0.25) is 0 Å². The predicted octanol–water partition coefficient (Wildman–Crippen LogP) is 3.53. The smallest absolute Gasteiger partial charge is 0.345 e. The normalized spacial score (nSPS) is 11.5. The molecule has 1 atom stereocenters. The summed E-state index contributed by atoms with van der Waals surface area (Å²) in [6.45, 7) is 1.69. The first-order valence-electron chi connectivity index (χ1n) is 7.14. The lowest BCUT2D eigenvalue weighted by atomic mass is 10.1. The van der Waals surface area contributed by atoms with E-state index >= 15 is 0 Å². The van der Waals surface area contributed by atoms with Gasteiger partial charge in [0.15, 0.2) is 11.5 Å². The fourth-order valence-electron chi connectivity index (χ4n) is 2.20. The van der Waals surface area contributed by atoms with Gasteiger partial charge in [0, 0.05) is 6.07 Å². The summed E-state index contributed by atoms with van der Waals surface area (Å²) >= 11 is 0. The van der Waals surface area contributed by atoms with Crippen molar-refractivity contribution in [1.82, 2.24) is 0 Å². The molecule has 7 heteroatoms. The third-order valence-electron chi connectivity index (χ3n) is 3.47. The van der Waals surface area contributed by atoms with Crippen LogP contribution in [0.15, 0.2) is 42.5 Å². The van der Waals surface area contributed by atoms with Gasteiger partial charge in [-0.2, -0.15) is 0 Å². The molecule has 0 saturated carbocycles. The molecule has 0 fully saturated rings. The van der Waals surface area contributed by atoms with Crippen molar-refractivity contribution in [3.05, 3.63) is 63.7 Å². The van der Waals surface area contributed by atoms with Gasteiger partial charge >= 0.3 is 5.97 Å². The zero-order valence-electron chi connectivity index (χ0n) is 13.5. The molecule has 2 aromatic rings. The molecule has 0 spiro atoms. The fraction of sp³-hybridized carbons (Fsp3) is 0.235. The fourth-order valence-corrected chi connectivity index (χ4v) is 2.20. The first-order chi connectivity index (χ1) is 11.5. The van der Waals surface area contributed by atoms with Crippen LogP contribution < -0.4 is 9.47 Å². The van der Waals surface area contributed by atoms with Crippen LogP contribution in [0.2, 0.25) is 0 Å². The van der Waals surface area contributed by atoms with Gasteiger partial charge in [-0.25, -0.2) is 4.79 Å². The predicted molar refractivity (Wildman–Crippen MR) is 86.5 cm³/mol. The first kappa shape index (κ1) is 17.3. The van der Waals surface area contributed by atoms with Crippen molar-refractivity contribution in [2.24, 2.45) is 0 Å². The molecule has 0 amide bonds. The van der Waals surface area contributed by atoms with E-state index in [1.54, 1.807) is 19.1 Å². The molecule has 0 unspecified atom stereocenters. The van der Waals surface area contributed by atoms with Gasteiger partial charge in [0.1, 0.15) is 11.7 Å². The highest BCUT2D eigenvalue weighted by Crippen LogP contribution is 2.35. The van der Waals surface area contributed by atoms with E-state index in [2.05, 4.69) is 0 Å². The third kappa shape index (κ3) is 3.62. The molecule has 24 heavy (non-hydrogen) atoms. The van der Waals surface area contributed by atoms with Gasteiger partial charge in [0.05, 0.1) is 25.2 Å². The van der Waals surface area contributed by atoms with E-state index in [9.17, 15) is 14.9 Å². The molecular formula is C17H17NO6. The van der Waals surface area contributed by atoms with E-state index in [4.69, 9.17) is 14.2 Å². The second-order valence-corrected chi connectivity index (χ2v) is 4.94. The average molecular weight is 331 g/mol. The minimum Gasteiger partial charge on any atom is -0.493 e. The molecule has 0 aliphatic heterocycles. The van der Waals surface area contributed by atoms with Crippen molar-refractivity contribution in [3.8, 4) is 11.5 Å². The van der Waals surface area contributed by atoms with E-state index < -0.39 is 22.7 Å². The SMILES string of the molecule is COc1cc(C(=O)O[C@@H](C)c2ccccc2)c([N+](=O)[O-])cc1OC. The molecule has 2 aromatic carbocycles. The van der Waals surface area contributed by atoms with Crippen LogP contribution in [-0.2, 0) is 4.74 Å². The number of nitro benzene ring substituents is 1. The van der Waals surface area contributed by atoms with Crippen LogP contribution >= 0.6 is 0 Å². The summed E-state index contributed by atoms with van der Waals surface area (Å²) in [5, 5.41) is 11.3. The Morgan fingerprint density at radius 1 is 1.08 bits per heavy atom. The Balaban J connectivity index is 2.35. The number of methoxy groups -OCH3 is 2. The lowest BCUT2D eigenvalue weighted by Gasteiger charge is -2.15. The minimum absolute atomic E-state index is 0.164. The van der Waals surface area contributed by atoms with Crippen molar-refractivity contribution >= 4 is 11.7 Å². The second kappa shape index (κ2) is 7.45. The minimum atomic E-state index is -0.806. The van der Waals surface area contributed by atoms with Crippen LogP contribution in [0.5, 0.6) is 11.5 Å². The Labute approximate surface area is 138 Å². The number of esters is 1. The standard InChI is InChI=1S/C17H17NO6/c1-11(12-7-5-4-6-8-12)24-17(19)13-9-15(22-2)16(23-3)10-14(13)18(20)21/h4-11H,1-3H3/t11-/m0/s1. The van der Waals surface area contributed by atoms with Crippen LogP contribution in [0.1, 0.15) is 28.9 Å². The number of nitrogens with zero attached hydrogens (tertiary/aromatic N) is 1. The Bertz CT molecular complexity index is 744. The van der Waals surface area contributed by atoms with E-state index in [0.717, 1.165) is 11.6 Å². The molecule has 2 rings (SSSR count). The highest BCUT2D eigenvalue weighted by molar-refractivity contribution is 5.95. The quantitative estimate of drug-likeness (QED) is 0.457. The van der Waals surface area contributed by atoms with Gasteiger partial charge in [-0.05, 0) is 12.5 Å². The second-order valence-electron chi connectivity index (χ2n) is 4.94. The topological polar surface area (TPSA) is 87.9 Å². The summed E-state index contributed by atoms with van der Waals surface area (Å²) in [5.74, 6) is -0.432. The van der Waals surface area contributed by atoms with Gasteiger partial charge < -0.3 is 14.2 Å². The molecule has 0 bridgehead atoms. The van der Waals surface area contributed by atoms with E-state index in [0.29, 0.717) is 0 Å². The highest BCUT2D eigenvalue weighted by atomic mass is 16.6. The van der Waals surface area contributed by atoms with Crippen molar-refractivity contribution in [2.75, 3.05) is 14.2 Å². The van der Waals surface area contributed by atoms with Crippen molar-refractivity contribution in [2.45, 2.75) is 13.0 Å². The largest absolute Gasteiger partial charge is 0.493 e. The Hall–Kier alpha value is -3.09.